The van der Waals surface area contributed by atoms with Gasteiger partial charge in [0.15, 0.2) is 0 Å². The number of amides is 1. The van der Waals surface area contributed by atoms with Gasteiger partial charge in [-0.1, -0.05) is 18.2 Å². The van der Waals surface area contributed by atoms with Gasteiger partial charge in [-0.25, -0.2) is 0 Å². The first-order valence-electron chi connectivity index (χ1n) is 10.7. The van der Waals surface area contributed by atoms with Crippen molar-refractivity contribution in [2.45, 2.75) is 18.9 Å². The van der Waals surface area contributed by atoms with Crippen LogP contribution in [0.4, 0.5) is 5.69 Å². The van der Waals surface area contributed by atoms with Crippen molar-refractivity contribution < 1.29 is 14.3 Å². The van der Waals surface area contributed by atoms with Gasteiger partial charge < -0.3 is 19.3 Å². The van der Waals surface area contributed by atoms with Crippen molar-refractivity contribution in [3.8, 4) is 11.5 Å². The predicted molar refractivity (Wildman–Crippen MR) is 118 cm³/mol. The lowest BCUT2D eigenvalue weighted by molar-refractivity contribution is -0.133. The summed E-state index contributed by atoms with van der Waals surface area (Å²) < 4.78 is 11.0. The molecule has 0 radical (unpaired) electrons. The lowest BCUT2D eigenvalue weighted by atomic mass is 10.0. The van der Waals surface area contributed by atoms with Gasteiger partial charge in [0.2, 0.25) is 5.91 Å². The van der Waals surface area contributed by atoms with Crippen molar-refractivity contribution in [3.63, 3.8) is 0 Å². The normalized spacial score (nSPS) is 19.7. The van der Waals surface area contributed by atoms with Gasteiger partial charge in [-0.2, -0.15) is 0 Å². The number of benzene rings is 2. The Morgan fingerprint density at radius 2 is 1.73 bits per heavy atom. The highest BCUT2D eigenvalue weighted by atomic mass is 16.5. The lowest BCUT2D eigenvalue weighted by Crippen LogP contribution is -2.51. The van der Waals surface area contributed by atoms with Crippen LogP contribution < -0.4 is 14.4 Å². The first-order valence-corrected chi connectivity index (χ1v) is 10.7. The fraction of sp³-hybridized carbons (Fsp3) is 0.458. The number of hydrogen-bond donors (Lipinski definition) is 0. The summed E-state index contributed by atoms with van der Waals surface area (Å²) in [5.41, 5.74) is 2.34. The topological polar surface area (TPSA) is 45.3 Å². The molecular weight excluding hydrogens is 378 g/mol. The summed E-state index contributed by atoms with van der Waals surface area (Å²) in [6.45, 7) is 4.69. The number of carbonyl (C=O) groups excluding carboxylic acids is 1. The average Bonchev–Trinajstić information content (AvgIpc) is 3.27. The minimum absolute atomic E-state index is 0.185. The van der Waals surface area contributed by atoms with Crippen molar-refractivity contribution in [2.75, 3.05) is 58.4 Å². The Balaban J connectivity index is 1.39. The van der Waals surface area contributed by atoms with Crippen LogP contribution in [0.3, 0.4) is 0 Å². The first-order chi connectivity index (χ1) is 14.7. The zero-order valence-corrected chi connectivity index (χ0v) is 17.9. The first kappa shape index (κ1) is 20.5. The van der Waals surface area contributed by atoms with E-state index < -0.39 is 0 Å². The van der Waals surface area contributed by atoms with E-state index in [-0.39, 0.29) is 11.9 Å². The molecule has 0 unspecified atom stereocenters. The van der Waals surface area contributed by atoms with Gasteiger partial charge >= 0.3 is 0 Å². The van der Waals surface area contributed by atoms with Crippen LogP contribution in [-0.2, 0) is 4.79 Å². The summed E-state index contributed by atoms with van der Waals surface area (Å²) >= 11 is 0. The van der Waals surface area contributed by atoms with Gasteiger partial charge in [-0.05, 0) is 49.7 Å². The number of anilines is 1. The Labute approximate surface area is 179 Å². The van der Waals surface area contributed by atoms with Crippen LogP contribution in [0.15, 0.2) is 48.5 Å². The number of methoxy groups -OCH3 is 2. The van der Waals surface area contributed by atoms with E-state index in [1.54, 1.807) is 14.2 Å². The number of carbonyl (C=O) groups is 1. The Morgan fingerprint density at radius 1 is 0.967 bits per heavy atom. The molecule has 2 fully saturated rings. The summed E-state index contributed by atoms with van der Waals surface area (Å²) in [4.78, 5) is 19.7. The van der Waals surface area contributed by atoms with Crippen LogP contribution in [0.2, 0.25) is 0 Å². The minimum Gasteiger partial charge on any atom is -0.497 e. The Bertz CT molecular complexity index is 850. The molecule has 2 aliphatic rings. The molecule has 0 spiro atoms. The lowest BCUT2D eigenvalue weighted by Gasteiger charge is -2.37. The maximum Gasteiger partial charge on any atom is 0.236 e. The Morgan fingerprint density at radius 3 is 2.43 bits per heavy atom. The van der Waals surface area contributed by atoms with E-state index in [0.717, 1.165) is 62.6 Å². The van der Waals surface area contributed by atoms with Crippen LogP contribution >= 0.6 is 0 Å². The SMILES string of the molecule is COc1ccc(OC)c([C@@H]2CCCN2CC(=O)N2CCN(c3ccccc3)CC2)c1. The zero-order chi connectivity index (χ0) is 20.9. The summed E-state index contributed by atoms with van der Waals surface area (Å²) in [6.07, 6.45) is 2.11. The van der Waals surface area contributed by atoms with Gasteiger partial charge in [-0.15, -0.1) is 0 Å². The van der Waals surface area contributed by atoms with E-state index in [9.17, 15) is 4.79 Å². The van der Waals surface area contributed by atoms with E-state index >= 15 is 0 Å². The third-order valence-electron chi connectivity index (χ3n) is 6.25. The molecule has 0 saturated carbocycles. The highest BCUT2D eigenvalue weighted by Gasteiger charge is 2.32. The number of rotatable bonds is 6. The summed E-state index contributed by atoms with van der Waals surface area (Å²) in [5.74, 6) is 1.90. The second kappa shape index (κ2) is 9.39. The molecule has 6 nitrogen and oxygen atoms in total. The fourth-order valence-electron chi connectivity index (χ4n) is 4.59. The fourth-order valence-corrected chi connectivity index (χ4v) is 4.59. The summed E-state index contributed by atoms with van der Waals surface area (Å²) in [7, 11) is 3.37. The second-order valence-electron chi connectivity index (χ2n) is 7.94. The van der Waals surface area contributed by atoms with Crippen LogP contribution in [0.1, 0.15) is 24.4 Å². The second-order valence-corrected chi connectivity index (χ2v) is 7.94. The molecule has 4 rings (SSSR count). The Hall–Kier alpha value is -2.73. The van der Waals surface area contributed by atoms with Gasteiger partial charge in [0.1, 0.15) is 11.5 Å². The minimum atomic E-state index is 0.185. The van der Waals surface area contributed by atoms with Gasteiger partial charge in [0.05, 0.1) is 20.8 Å². The van der Waals surface area contributed by atoms with Crippen molar-refractivity contribution in [2.24, 2.45) is 0 Å². The molecule has 0 aromatic heterocycles. The summed E-state index contributed by atoms with van der Waals surface area (Å²) in [6, 6.07) is 16.5. The van der Waals surface area contributed by atoms with Crippen LogP contribution in [-0.4, -0.2) is 69.2 Å². The van der Waals surface area contributed by atoms with E-state index in [1.807, 2.05) is 29.2 Å². The largest absolute Gasteiger partial charge is 0.497 e. The molecule has 30 heavy (non-hydrogen) atoms. The van der Waals surface area contributed by atoms with Crippen LogP contribution in [0, 0.1) is 0 Å². The highest BCUT2D eigenvalue weighted by Crippen LogP contribution is 2.38. The number of likely N-dealkylation sites (tertiary alicyclic amines) is 1. The van der Waals surface area contributed by atoms with Gasteiger partial charge in [-0.3, -0.25) is 9.69 Å². The van der Waals surface area contributed by atoms with Crippen molar-refractivity contribution >= 4 is 11.6 Å². The quantitative estimate of drug-likeness (QED) is 0.733. The molecule has 2 aromatic carbocycles. The van der Waals surface area contributed by atoms with Crippen molar-refractivity contribution in [1.82, 2.24) is 9.80 Å². The predicted octanol–water partition coefficient (Wildman–Crippen LogP) is 3.19. The molecule has 0 aliphatic carbocycles. The number of para-hydroxylation sites is 1. The molecule has 1 amide bonds. The monoisotopic (exact) mass is 409 g/mol. The third kappa shape index (κ3) is 4.38. The molecular formula is C24H31N3O3. The maximum atomic E-state index is 13.1. The van der Waals surface area contributed by atoms with E-state index in [2.05, 4.69) is 34.1 Å². The standard InChI is InChI=1S/C24H31N3O3/c1-29-20-10-11-23(30-2)21(17-20)22-9-6-12-27(22)18-24(28)26-15-13-25(14-16-26)19-7-4-3-5-8-19/h3-5,7-8,10-11,17,22H,6,9,12-16,18H2,1-2H3/t22-/m0/s1. The zero-order valence-electron chi connectivity index (χ0n) is 17.9. The molecule has 0 bridgehead atoms. The molecule has 2 aliphatic heterocycles. The molecule has 6 heteroatoms. The molecule has 0 N–H and O–H groups in total. The summed E-state index contributed by atoms with van der Waals surface area (Å²) in [5, 5.41) is 0. The third-order valence-corrected chi connectivity index (χ3v) is 6.25. The maximum absolute atomic E-state index is 13.1. The molecule has 1 atom stereocenters. The number of ether oxygens (including phenoxy) is 2. The van der Waals surface area contributed by atoms with E-state index in [4.69, 9.17) is 9.47 Å². The highest BCUT2D eigenvalue weighted by molar-refractivity contribution is 5.78. The smallest absolute Gasteiger partial charge is 0.236 e. The molecule has 160 valence electrons. The number of hydrogen-bond acceptors (Lipinski definition) is 5. The average molecular weight is 410 g/mol. The van der Waals surface area contributed by atoms with Gasteiger partial charge in [0, 0.05) is 43.5 Å². The van der Waals surface area contributed by atoms with Crippen LogP contribution in [0.25, 0.3) is 0 Å². The van der Waals surface area contributed by atoms with Crippen LogP contribution in [0.5, 0.6) is 11.5 Å². The Kier molecular flexibility index (Phi) is 6.43. The number of nitrogens with zero attached hydrogens (tertiary/aromatic N) is 3. The molecule has 2 saturated heterocycles. The van der Waals surface area contributed by atoms with E-state index in [0.29, 0.717) is 6.54 Å². The van der Waals surface area contributed by atoms with Crippen molar-refractivity contribution in [1.29, 1.82) is 0 Å². The molecule has 2 heterocycles. The van der Waals surface area contributed by atoms with Crippen molar-refractivity contribution in [3.05, 3.63) is 54.1 Å². The number of piperazine rings is 1. The van der Waals surface area contributed by atoms with Gasteiger partial charge in [0.25, 0.3) is 0 Å². The van der Waals surface area contributed by atoms with E-state index in [1.165, 1.54) is 5.69 Å². The molecule has 2 aromatic rings.